The summed E-state index contributed by atoms with van der Waals surface area (Å²) in [5.74, 6) is 1.44. The molecule has 0 radical (unpaired) electrons. The molecule has 0 saturated heterocycles. The van der Waals surface area contributed by atoms with Crippen LogP contribution in [0.2, 0.25) is 0 Å². The fourth-order valence-electron chi connectivity index (χ4n) is 2.44. The van der Waals surface area contributed by atoms with Gasteiger partial charge in [-0.3, -0.25) is 4.79 Å². The second-order valence-corrected chi connectivity index (χ2v) is 6.02. The Morgan fingerprint density at radius 1 is 1.29 bits per heavy atom. The molecule has 1 heterocycles. The number of amides is 1. The summed E-state index contributed by atoms with van der Waals surface area (Å²) in [5.41, 5.74) is 7.94. The Hall–Kier alpha value is -2.73. The van der Waals surface area contributed by atoms with Gasteiger partial charge in [-0.25, -0.2) is 4.98 Å². The first-order valence-corrected chi connectivity index (χ1v) is 8.75. The van der Waals surface area contributed by atoms with Crippen molar-refractivity contribution in [1.82, 2.24) is 9.55 Å². The van der Waals surface area contributed by atoms with Crippen molar-refractivity contribution in [2.75, 3.05) is 6.26 Å². The molecule has 0 atom stereocenters. The van der Waals surface area contributed by atoms with Gasteiger partial charge in [0.1, 0.15) is 11.5 Å². The van der Waals surface area contributed by atoms with Gasteiger partial charge in [-0.1, -0.05) is 12.1 Å². The van der Waals surface area contributed by atoms with Crippen molar-refractivity contribution >= 4 is 17.7 Å². The van der Waals surface area contributed by atoms with E-state index in [1.807, 2.05) is 41.3 Å². The molecule has 0 unspecified atom stereocenters. The van der Waals surface area contributed by atoms with Crippen LogP contribution in [0.5, 0.6) is 11.5 Å². The van der Waals surface area contributed by atoms with Crippen LogP contribution in [-0.4, -0.2) is 21.7 Å². The summed E-state index contributed by atoms with van der Waals surface area (Å²) in [7, 11) is 0. The number of thioether (sulfide) groups is 1. The van der Waals surface area contributed by atoms with Gasteiger partial charge in [0.15, 0.2) is 0 Å². The van der Waals surface area contributed by atoms with Crippen LogP contribution >= 0.6 is 11.8 Å². The van der Waals surface area contributed by atoms with Crippen LogP contribution in [-0.2, 0) is 5.75 Å². The molecule has 122 valence electrons. The van der Waals surface area contributed by atoms with Gasteiger partial charge in [0.25, 0.3) is 5.91 Å². The number of imidazole rings is 1. The Labute approximate surface area is 144 Å². The molecular formula is C18H17N3O2S. The second kappa shape index (κ2) is 7.23. The minimum Gasteiger partial charge on any atom is -0.457 e. The lowest BCUT2D eigenvalue weighted by Gasteiger charge is -2.13. The third kappa shape index (κ3) is 3.44. The first-order chi connectivity index (χ1) is 11.7. The molecule has 0 bridgehead atoms. The van der Waals surface area contributed by atoms with Crippen LogP contribution < -0.4 is 10.5 Å². The molecule has 0 saturated carbocycles. The predicted octanol–water partition coefficient (Wildman–Crippen LogP) is 3.63. The highest BCUT2D eigenvalue weighted by molar-refractivity contribution is 7.97. The number of hydrogen-bond acceptors (Lipinski definition) is 4. The van der Waals surface area contributed by atoms with E-state index in [9.17, 15) is 4.79 Å². The standard InChI is InChI=1S/C18H17N3O2S/c1-24-11-13-10-14(6-7-16(13)21-9-8-20-12-21)23-17-5-3-2-4-15(17)18(19)22/h2-10,12H,11H2,1H3,(H2,19,22). The van der Waals surface area contributed by atoms with E-state index in [0.29, 0.717) is 17.1 Å². The number of benzene rings is 2. The molecule has 1 amide bonds. The van der Waals surface area contributed by atoms with Crippen LogP contribution in [0.15, 0.2) is 61.2 Å². The van der Waals surface area contributed by atoms with Crippen molar-refractivity contribution in [1.29, 1.82) is 0 Å². The minimum absolute atomic E-state index is 0.364. The molecule has 3 aromatic rings. The maximum absolute atomic E-state index is 11.5. The number of carbonyl (C=O) groups is 1. The van der Waals surface area contributed by atoms with Crippen LogP contribution in [0.3, 0.4) is 0 Å². The quantitative estimate of drug-likeness (QED) is 0.744. The number of carbonyl (C=O) groups excluding carboxylic acids is 1. The molecule has 0 aliphatic rings. The zero-order valence-electron chi connectivity index (χ0n) is 13.2. The normalized spacial score (nSPS) is 10.5. The summed E-state index contributed by atoms with van der Waals surface area (Å²) in [6.45, 7) is 0. The van der Waals surface area contributed by atoms with Gasteiger partial charge >= 0.3 is 0 Å². The van der Waals surface area contributed by atoms with E-state index in [-0.39, 0.29) is 0 Å². The minimum atomic E-state index is -0.509. The highest BCUT2D eigenvalue weighted by Crippen LogP contribution is 2.29. The van der Waals surface area contributed by atoms with Crippen molar-refractivity contribution in [2.24, 2.45) is 5.73 Å². The molecule has 2 N–H and O–H groups in total. The monoisotopic (exact) mass is 339 g/mol. The largest absolute Gasteiger partial charge is 0.457 e. The average Bonchev–Trinajstić information content (AvgIpc) is 3.10. The van der Waals surface area contributed by atoms with Crippen molar-refractivity contribution < 1.29 is 9.53 Å². The van der Waals surface area contributed by atoms with Gasteiger partial charge in [0.2, 0.25) is 0 Å². The van der Waals surface area contributed by atoms with Crippen LogP contribution in [0, 0.1) is 0 Å². The second-order valence-electron chi connectivity index (χ2n) is 5.16. The van der Waals surface area contributed by atoms with E-state index in [1.165, 1.54) is 0 Å². The molecule has 0 aliphatic carbocycles. The van der Waals surface area contributed by atoms with Crippen LogP contribution in [0.4, 0.5) is 0 Å². The van der Waals surface area contributed by atoms with Gasteiger partial charge in [-0.05, 0) is 42.2 Å². The molecule has 24 heavy (non-hydrogen) atoms. The summed E-state index contributed by atoms with van der Waals surface area (Å²) in [6, 6.07) is 12.8. The molecule has 0 aliphatic heterocycles. The SMILES string of the molecule is CSCc1cc(Oc2ccccc2C(N)=O)ccc1-n1ccnc1. The highest BCUT2D eigenvalue weighted by Gasteiger charge is 2.11. The number of para-hydroxylation sites is 1. The molecular weight excluding hydrogens is 322 g/mol. The molecule has 3 rings (SSSR count). The topological polar surface area (TPSA) is 70.1 Å². The van der Waals surface area contributed by atoms with E-state index in [4.69, 9.17) is 10.5 Å². The third-order valence-electron chi connectivity index (χ3n) is 3.51. The van der Waals surface area contributed by atoms with Gasteiger partial charge in [0.05, 0.1) is 17.6 Å². The van der Waals surface area contributed by atoms with Crippen molar-refractivity contribution in [3.63, 3.8) is 0 Å². The Morgan fingerprint density at radius 2 is 2.12 bits per heavy atom. The fourth-order valence-corrected chi connectivity index (χ4v) is 2.98. The average molecular weight is 339 g/mol. The molecule has 5 nitrogen and oxygen atoms in total. The molecule has 6 heteroatoms. The van der Waals surface area contributed by atoms with Crippen molar-refractivity contribution in [2.45, 2.75) is 5.75 Å². The van der Waals surface area contributed by atoms with Crippen LogP contribution in [0.1, 0.15) is 15.9 Å². The fraction of sp³-hybridized carbons (Fsp3) is 0.111. The lowest BCUT2D eigenvalue weighted by molar-refractivity contribution is 0.0998. The van der Waals surface area contributed by atoms with Gasteiger partial charge < -0.3 is 15.0 Å². The van der Waals surface area contributed by atoms with Crippen molar-refractivity contribution in [3.05, 3.63) is 72.3 Å². The van der Waals surface area contributed by atoms with Gasteiger partial charge in [-0.2, -0.15) is 11.8 Å². The van der Waals surface area contributed by atoms with E-state index in [1.54, 1.807) is 42.5 Å². The third-order valence-corrected chi connectivity index (χ3v) is 4.11. The number of nitrogens with two attached hydrogens (primary N) is 1. The predicted molar refractivity (Wildman–Crippen MR) is 95.8 cm³/mol. The summed E-state index contributed by atoms with van der Waals surface area (Å²) < 4.78 is 7.86. The smallest absolute Gasteiger partial charge is 0.252 e. The summed E-state index contributed by atoms with van der Waals surface area (Å²) >= 11 is 1.73. The van der Waals surface area contributed by atoms with E-state index in [0.717, 1.165) is 17.0 Å². The first-order valence-electron chi connectivity index (χ1n) is 7.36. The Balaban J connectivity index is 1.95. The maximum Gasteiger partial charge on any atom is 0.252 e. The molecule has 2 aromatic carbocycles. The summed E-state index contributed by atoms with van der Waals surface area (Å²) in [5, 5.41) is 0. The molecule has 0 fully saturated rings. The number of hydrogen-bond donors (Lipinski definition) is 1. The number of ether oxygens (including phenoxy) is 1. The zero-order chi connectivity index (χ0) is 16.9. The zero-order valence-corrected chi connectivity index (χ0v) is 14.0. The Kier molecular flexibility index (Phi) is 4.86. The van der Waals surface area contributed by atoms with E-state index < -0.39 is 5.91 Å². The Bertz CT molecular complexity index is 847. The lowest BCUT2D eigenvalue weighted by atomic mass is 10.1. The first kappa shape index (κ1) is 16.1. The molecule has 0 spiro atoms. The number of rotatable bonds is 6. The maximum atomic E-state index is 11.5. The van der Waals surface area contributed by atoms with Gasteiger partial charge in [0, 0.05) is 18.1 Å². The van der Waals surface area contributed by atoms with Gasteiger partial charge in [-0.15, -0.1) is 0 Å². The Morgan fingerprint density at radius 3 is 2.83 bits per heavy atom. The van der Waals surface area contributed by atoms with Crippen molar-refractivity contribution in [3.8, 4) is 17.2 Å². The van der Waals surface area contributed by atoms with E-state index >= 15 is 0 Å². The molecule has 1 aromatic heterocycles. The summed E-state index contributed by atoms with van der Waals surface area (Å²) in [6.07, 6.45) is 7.47. The van der Waals surface area contributed by atoms with Crippen LogP contribution in [0.25, 0.3) is 5.69 Å². The number of aromatic nitrogens is 2. The summed E-state index contributed by atoms with van der Waals surface area (Å²) in [4.78, 5) is 15.6. The number of primary amides is 1. The number of nitrogens with zero attached hydrogens (tertiary/aromatic N) is 2. The van der Waals surface area contributed by atoms with E-state index in [2.05, 4.69) is 4.98 Å². The highest BCUT2D eigenvalue weighted by atomic mass is 32.2. The lowest BCUT2D eigenvalue weighted by Crippen LogP contribution is -2.12.